The zero-order valence-corrected chi connectivity index (χ0v) is 9.68. The summed E-state index contributed by atoms with van der Waals surface area (Å²) in [5.41, 5.74) is 8.03. The van der Waals surface area contributed by atoms with Gasteiger partial charge in [-0.2, -0.15) is 0 Å². The molecule has 3 N–H and O–H groups in total. The minimum atomic E-state index is -0.129. The molecule has 0 saturated carbocycles. The molecule has 4 heteroatoms. The molecule has 0 fully saturated rings. The van der Waals surface area contributed by atoms with Crippen LogP contribution >= 0.6 is 0 Å². The minimum absolute atomic E-state index is 0.129. The molecule has 0 bridgehead atoms. The van der Waals surface area contributed by atoms with E-state index in [1.807, 2.05) is 43.3 Å². The van der Waals surface area contributed by atoms with E-state index in [1.165, 1.54) is 0 Å². The smallest absolute Gasteiger partial charge is 0.327 e. The number of H-pyrrole nitrogens is 1. The van der Waals surface area contributed by atoms with Crippen LogP contribution in [0.5, 0.6) is 0 Å². The third-order valence-electron chi connectivity index (χ3n) is 2.57. The zero-order valence-electron chi connectivity index (χ0n) is 9.68. The number of nitrogens with one attached hydrogen (secondary N) is 1. The van der Waals surface area contributed by atoms with E-state index in [0.29, 0.717) is 6.54 Å². The van der Waals surface area contributed by atoms with Gasteiger partial charge in [0.2, 0.25) is 0 Å². The van der Waals surface area contributed by atoms with E-state index >= 15 is 0 Å². The van der Waals surface area contributed by atoms with E-state index in [0.717, 1.165) is 16.9 Å². The molecule has 4 nitrogen and oxygen atoms in total. The third kappa shape index (κ3) is 2.21. The average Bonchev–Trinajstić information content (AvgIpc) is 2.67. The summed E-state index contributed by atoms with van der Waals surface area (Å²) in [6, 6.07) is 7.72. The van der Waals surface area contributed by atoms with Crippen LogP contribution in [0.3, 0.4) is 0 Å². The number of imidazole rings is 1. The highest BCUT2D eigenvalue weighted by molar-refractivity contribution is 5.60. The van der Waals surface area contributed by atoms with Crippen LogP contribution in [0.25, 0.3) is 11.8 Å². The number of aromatic nitrogens is 2. The number of nitrogens with two attached hydrogens (primary N) is 1. The van der Waals surface area contributed by atoms with Gasteiger partial charge < -0.3 is 10.7 Å². The highest BCUT2D eigenvalue weighted by Crippen LogP contribution is 2.15. The molecule has 2 rings (SSSR count). The van der Waals surface area contributed by atoms with E-state index in [9.17, 15) is 4.79 Å². The second-order valence-electron chi connectivity index (χ2n) is 3.77. The summed E-state index contributed by atoms with van der Waals surface area (Å²) in [6.45, 7) is 2.37. The Hall–Kier alpha value is -2.07. The predicted molar refractivity (Wildman–Crippen MR) is 69.2 cm³/mol. The fraction of sp³-hybridized carbons (Fsp3) is 0.154. The lowest BCUT2D eigenvalue weighted by Crippen LogP contribution is -2.16. The first kappa shape index (κ1) is 11.4. The van der Waals surface area contributed by atoms with E-state index in [1.54, 1.807) is 10.8 Å². The van der Waals surface area contributed by atoms with Crippen LogP contribution in [-0.4, -0.2) is 16.1 Å². The minimum Gasteiger partial charge on any atom is -0.327 e. The standard InChI is InChI=1S/C13H15N3O/c1-10-9-15-13(17)16(10)12-7-3-2-5-11(12)6-4-8-14/h2-7,9H,8,14H2,1H3,(H,15,17)/b6-4+. The Morgan fingerprint density at radius 2 is 2.18 bits per heavy atom. The van der Waals surface area contributed by atoms with Crippen molar-refractivity contribution in [2.45, 2.75) is 6.92 Å². The zero-order chi connectivity index (χ0) is 12.3. The van der Waals surface area contributed by atoms with Crippen LogP contribution in [0.2, 0.25) is 0 Å². The van der Waals surface area contributed by atoms with Gasteiger partial charge in [-0.05, 0) is 18.6 Å². The van der Waals surface area contributed by atoms with Crippen LogP contribution in [0.4, 0.5) is 0 Å². The lowest BCUT2D eigenvalue weighted by Gasteiger charge is -2.07. The van der Waals surface area contributed by atoms with Crippen molar-refractivity contribution in [1.29, 1.82) is 0 Å². The molecular formula is C13H15N3O. The highest BCUT2D eigenvalue weighted by Gasteiger charge is 2.07. The van der Waals surface area contributed by atoms with Gasteiger partial charge in [-0.3, -0.25) is 4.57 Å². The predicted octanol–water partition coefficient (Wildman–Crippen LogP) is 1.45. The summed E-state index contributed by atoms with van der Waals surface area (Å²) >= 11 is 0. The number of aromatic amines is 1. The van der Waals surface area contributed by atoms with Gasteiger partial charge in [0.15, 0.2) is 0 Å². The second kappa shape index (κ2) is 4.84. The van der Waals surface area contributed by atoms with Gasteiger partial charge in [-0.25, -0.2) is 4.79 Å². The number of benzene rings is 1. The van der Waals surface area contributed by atoms with Gasteiger partial charge in [0, 0.05) is 18.4 Å². The Morgan fingerprint density at radius 1 is 1.41 bits per heavy atom. The third-order valence-corrected chi connectivity index (χ3v) is 2.57. The van der Waals surface area contributed by atoms with Crippen molar-refractivity contribution in [2.75, 3.05) is 6.54 Å². The Labute approximate surface area is 99.4 Å². The van der Waals surface area contributed by atoms with Gasteiger partial charge in [-0.1, -0.05) is 30.4 Å². The first-order valence-electron chi connectivity index (χ1n) is 5.47. The number of aryl methyl sites for hydroxylation is 1. The number of hydrogen-bond donors (Lipinski definition) is 2. The summed E-state index contributed by atoms with van der Waals surface area (Å²) in [5, 5.41) is 0. The molecule has 0 aliphatic carbocycles. The average molecular weight is 229 g/mol. The normalized spacial score (nSPS) is 11.2. The Bertz CT molecular complexity index is 593. The molecule has 0 atom stereocenters. The van der Waals surface area contributed by atoms with Gasteiger partial charge in [0.25, 0.3) is 0 Å². The second-order valence-corrected chi connectivity index (χ2v) is 3.77. The lowest BCUT2D eigenvalue weighted by atomic mass is 10.1. The van der Waals surface area contributed by atoms with E-state index < -0.39 is 0 Å². The summed E-state index contributed by atoms with van der Waals surface area (Å²) < 4.78 is 1.65. The van der Waals surface area contributed by atoms with Gasteiger partial charge >= 0.3 is 5.69 Å². The molecule has 0 radical (unpaired) electrons. The van der Waals surface area contributed by atoms with Crippen molar-refractivity contribution in [3.05, 3.63) is 58.3 Å². The molecule has 1 heterocycles. The van der Waals surface area contributed by atoms with E-state index in [-0.39, 0.29) is 5.69 Å². The Morgan fingerprint density at radius 3 is 2.82 bits per heavy atom. The summed E-state index contributed by atoms with van der Waals surface area (Å²) in [7, 11) is 0. The molecular weight excluding hydrogens is 214 g/mol. The molecule has 0 saturated heterocycles. The van der Waals surface area contributed by atoms with Crippen LogP contribution in [0.15, 0.2) is 41.3 Å². The van der Waals surface area contributed by atoms with Crippen molar-refractivity contribution < 1.29 is 0 Å². The van der Waals surface area contributed by atoms with E-state index in [2.05, 4.69) is 4.98 Å². The SMILES string of the molecule is Cc1c[nH]c(=O)n1-c1ccccc1/C=C/CN. The quantitative estimate of drug-likeness (QED) is 0.836. The number of hydrogen-bond acceptors (Lipinski definition) is 2. The molecule has 0 spiro atoms. The van der Waals surface area contributed by atoms with Crippen molar-refractivity contribution in [3.63, 3.8) is 0 Å². The highest BCUT2D eigenvalue weighted by atomic mass is 16.1. The molecule has 1 aromatic heterocycles. The topological polar surface area (TPSA) is 63.8 Å². The van der Waals surface area contributed by atoms with Crippen LogP contribution < -0.4 is 11.4 Å². The molecule has 1 aromatic carbocycles. The van der Waals surface area contributed by atoms with Crippen molar-refractivity contribution in [3.8, 4) is 5.69 Å². The Balaban J connectivity index is 2.60. The largest absolute Gasteiger partial charge is 0.330 e. The van der Waals surface area contributed by atoms with E-state index in [4.69, 9.17) is 5.73 Å². The van der Waals surface area contributed by atoms with Gasteiger partial charge in [0.05, 0.1) is 5.69 Å². The molecule has 0 aliphatic heterocycles. The van der Waals surface area contributed by atoms with Crippen LogP contribution in [-0.2, 0) is 0 Å². The first-order valence-corrected chi connectivity index (χ1v) is 5.47. The summed E-state index contributed by atoms with van der Waals surface area (Å²) in [5.74, 6) is 0. The molecule has 88 valence electrons. The van der Waals surface area contributed by atoms with Gasteiger partial charge in [-0.15, -0.1) is 0 Å². The van der Waals surface area contributed by atoms with Crippen LogP contribution in [0, 0.1) is 6.92 Å². The molecule has 0 unspecified atom stereocenters. The number of para-hydroxylation sites is 1. The Kier molecular flexibility index (Phi) is 3.25. The fourth-order valence-corrected chi connectivity index (χ4v) is 1.78. The summed E-state index contributed by atoms with van der Waals surface area (Å²) in [6.07, 6.45) is 5.49. The monoisotopic (exact) mass is 229 g/mol. The molecule has 2 aromatic rings. The maximum Gasteiger partial charge on any atom is 0.330 e. The number of rotatable bonds is 3. The van der Waals surface area contributed by atoms with Gasteiger partial charge in [0.1, 0.15) is 0 Å². The summed E-state index contributed by atoms with van der Waals surface area (Å²) in [4.78, 5) is 14.4. The molecule has 17 heavy (non-hydrogen) atoms. The van der Waals surface area contributed by atoms with Crippen molar-refractivity contribution in [1.82, 2.24) is 9.55 Å². The lowest BCUT2D eigenvalue weighted by molar-refractivity contribution is 0.947. The molecule has 0 amide bonds. The van der Waals surface area contributed by atoms with Crippen LogP contribution in [0.1, 0.15) is 11.3 Å². The maximum absolute atomic E-state index is 11.7. The first-order chi connectivity index (χ1) is 8.24. The number of nitrogens with zero attached hydrogens (tertiary/aromatic N) is 1. The maximum atomic E-state index is 11.7. The molecule has 0 aliphatic rings. The fourth-order valence-electron chi connectivity index (χ4n) is 1.78. The van der Waals surface area contributed by atoms with Crippen molar-refractivity contribution >= 4 is 6.08 Å². The van der Waals surface area contributed by atoms with Crippen molar-refractivity contribution in [2.24, 2.45) is 5.73 Å².